The molecule has 4 aliphatic rings. The summed E-state index contributed by atoms with van der Waals surface area (Å²) in [6.45, 7) is 0. The molecule has 0 fully saturated rings. The van der Waals surface area contributed by atoms with Crippen LogP contribution in [0.2, 0.25) is 0 Å². The van der Waals surface area contributed by atoms with E-state index in [1.54, 1.807) is 12.5 Å². The van der Waals surface area contributed by atoms with Gasteiger partial charge in [-0.2, -0.15) is 0 Å². The lowest BCUT2D eigenvalue weighted by Crippen LogP contribution is -2.30. The number of rotatable bonds is 0. The molecule has 2 heterocycles. The van der Waals surface area contributed by atoms with Crippen molar-refractivity contribution in [2.24, 2.45) is 11.8 Å². The number of allylic oxidation sites excluding steroid dienone is 8. The molecule has 2 atom stereocenters. The van der Waals surface area contributed by atoms with Crippen LogP contribution < -0.4 is 0 Å². The number of hydrogen-bond donors (Lipinski definition) is 0. The summed E-state index contributed by atoms with van der Waals surface area (Å²) in [6.07, 6.45) is 15.9. The summed E-state index contributed by atoms with van der Waals surface area (Å²) < 4.78 is 11.1. The van der Waals surface area contributed by atoms with E-state index < -0.39 is 0 Å². The highest BCUT2D eigenvalue weighted by molar-refractivity contribution is 5.51. The van der Waals surface area contributed by atoms with Crippen LogP contribution in [0.15, 0.2) is 71.6 Å². The van der Waals surface area contributed by atoms with Crippen molar-refractivity contribution in [2.75, 3.05) is 0 Å². The Bertz CT molecular complexity index is 491. The van der Waals surface area contributed by atoms with Gasteiger partial charge in [0.2, 0.25) is 0 Å². The first-order valence-electron chi connectivity index (χ1n) is 5.43. The molecule has 2 aliphatic carbocycles. The maximum Gasteiger partial charge on any atom is 0.112 e. The first kappa shape index (κ1) is 8.22. The second-order valence-electron chi connectivity index (χ2n) is 4.27. The molecule has 0 saturated heterocycles. The molecule has 0 spiro atoms. The lowest BCUT2D eigenvalue weighted by atomic mass is 9.72. The highest BCUT2D eigenvalue weighted by atomic mass is 16.5. The second-order valence-corrected chi connectivity index (χ2v) is 4.27. The van der Waals surface area contributed by atoms with Gasteiger partial charge in [-0.15, -0.1) is 0 Å². The minimum Gasteiger partial charge on any atom is -0.469 e. The molecule has 2 heteroatoms. The van der Waals surface area contributed by atoms with E-state index in [-0.39, 0.29) is 0 Å². The summed E-state index contributed by atoms with van der Waals surface area (Å²) in [5, 5.41) is 0. The Morgan fingerprint density at radius 3 is 1.69 bits per heavy atom. The zero-order valence-electron chi connectivity index (χ0n) is 8.59. The van der Waals surface area contributed by atoms with Gasteiger partial charge in [-0.25, -0.2) is 0 Å². The highest BCUT2D eigenvalue weighted by Crippen LogP contribution is 2.47. The predicted octanol–water partition coefficient (Wildman–Crippen LogP) is 2.95. The van der Waals surface area contributed by atoms with Crippen molar-refractivity contribution in [1.29, 1.82) is 0 Å². The Morgan fingerprint density at radius 2 is 1.19 bits per heavy atom. The maximum atomic E-state index is 5.57. The Labute approximate surface area is 93.5 Å². The van der Waals surface area contributed by atoms with E-state index in [1.165, 1.54) is 11.1 Å². The summed E-state index contributed by atoms with van der Waals surface area (Å²) in [5.74, 6) is 2.64. The molecule has 78 valence electrons. The molecule has 0 radical (unpaired) electrons. The first-order chi connectivity index (χ1) is 7.93. The van der Waals surface area contributed by atoms with Gasteiger partial charge in [0, 0.05) is 0 Å². The third kappa shape index (κ3) is 0.915. The number of ether oxygens (including phenoxy) is 2. The summed E-state index contributed by atoms with van der Waals surface area (Å²) >= 11 is 0. The summed E-state index contributed by atoms with van der Waals surface area (Å²) in [7, 11) is 0. The molecule has 0 bridgehead atoms. The van der Waals surface area contributed by atoms with Crippen LogP contribution in [0.5, 0.6) is 0 Å². The highest BCUT2D eigenvalue weighted by Gasteiger charge is 2.40. The molecular formula is C14H10O2. The van der Waals surface area contributed by atoms with E-state index >= 15 is 0 Å². The molecule has 4 rings (SSSR count). The van der Waals surface area contributed by atoms with Crippen LogP contribution in [0.25, 0.3) is 0 Å². The lowest BCUT2D eigenvalue weighted by Gasteiger charge is -2.38. The Morgan fingerprint density at radius 1 is 0.688 bits per heavy atom. The van der Waals surface area contributed by atoms with Gasteiger partial charge in [-0.05, 0) is 35.5 Å². The van der Waals surface area contributed by atoms with Crippen LogP contribution in [0.1, 0.15) is 0 Å². The van der Waals surface area contributed by atoms with Gasteiger partial charge in [0.1, 0.15) is 11.5 Å². The predicted molar refractivity (Wildman–Crippen MR) is 59.8 cm³/mol. The lowest BCUT2D eigenvalue weighted by molar-refractivity contribution is 0.214. The summed E-state index contributed by atoms with van der Waals surface area (Å²) in [4.78, 5) is 0. The van der Waals surface area contributed by atoms with Crippen LogP contribution in [0, 0.1) is 11.8 Å². The molecule has 2 nitrogen and oxygen atoms in total. The molecular weight excluding hydrogens is 200 g/mol. The maximum absolute atomic E-state index is 5.57. The van der Waals surface area contributed by atoms with E-state index in [1.807, 2.05) is 24.3 Å². The van der Waals surface area contributed by atoms with Gasteiger partial charge in [-0.1, -0.05) is 12.2 Å². The third-order valence-electron chi connectivity index (χ3n) is 3.47. The van der Waals surface area contributed by atoms with Crippen molar-refractivity contribution in [2.45, 2.75) is 0 Å². The smallest absolute Gasteiger partial charge is 0.112 e. The minimum atomic E-state index is 0.301. The Kier molecular flexibility index (Phi) is 1.43. The summed E-state index contributed by atoms with van der Waals surface area (Å²) in [6, 6.07) is 0. The van der Waals surface area contributed by atoms with Crippen molar-refractivity contribution in [3.63, 3.8) is 0 Å². The quantitative estimate of drug-likeness (QED) is 0.612. The van der Waals surface area contributed by atoms with Crippen LogP contribution in [0.3, 0.4) is 0 Å². The standard InChI is InChI=1S/C14H10O2/c1-2-10-6-8-16-12-4-3-11-13(14(10)12)9(1)5-7-15-11/h1-8,13-14H. The molecule has 0 aromatic carbocycles. The van der Waals surface area contributed by atoms with E-state index in [4.69, 9.17) is 9.47 Å². The zero-order valence-corrected chi connectivity index (χ0v) is 8.59. The van der Waals surface area contributed by atoms with Crippen molar-refractivity contribution in [1.82, 2.24) is 0 Å². The molecule has 0 aromatic rings. The van der Waals surface area contributed by atoms with Gasteiger partial charge in [-0.3, -0.25) is 0 Å². The average Bonchev–Trinajstić information content (AvgIpc) is 2.36. The van der Waals surface area contributed by atoms with Gasteiger partial charge in [0.05, 0.1) is 24.4 Å². The van der Waals surface area contributed by atoms with Crippen molar-refractivity contribution >= 4 is 0 Å². The fraction of sp³-hybridized carbons (Fsp3) is 0.143. The molecule has 2 unspecified atom stereocenters. The zero-order chi connectivity index (χ0) is 10.5. The van der Waals surface area contributed by atoms with Crippen molar-refractivity contribution in [3.8, 4) is 0 Å². The van der Waals surface area contributed by atoms with Crippen LogP contribution >= 0.6 is 0 Å². The minimum absolute atomic E-state index is 0.301. The van der Waals surface area contributed by atoms with Crippen molar-refractivity contribution in [3.05, 3.63) is 71.6 Å². The summed E-state index contributed by atoms with van der Waals surface area (Å²) in [5.41, 5.74) is 2.60. The Hall–Kier alpha value is -1.96. The SMILES string of the molecule is C1=CC2=CC=C3C=COC4=CC=C(O1)C2C34. The Balaban J connectivity index is 1.98. The first-order valence-corrected chi connectivity index (χ1v) is 5.43. The average molecular weight is 210 g/mol. The van der Waals surface area contributed by atoms with E-state index in [0.717, 1.165) is 11.5 Å². The molecule has 16 heavy (non-hydrogen) atoms. The van der Waals surface area contributed by atoms with E-state index in [9.17, 15) is 0 Å². The fourth-order valence-corrected chi connectivity index (χ4v) is 2.74. The number of hydrogen-bond acceptors (Lipinski definition) is 2. The molecule has 0 saturated carbocycles. The van der Waals surface area contributed by atoms with Gasteiger partial charge in [0.15, 0.2) is 0 Å². The topological polar surface area (TPSA) is 18.5 Å². The third-order valence-corrected chi connectivity index (χ3v) is 3.47. The van der Waals surface area contributed by atoms with Gasteiger partial charge < -0.3 is 9.47 Å². The molecule has 0 aromatic heterocycles. The second kappa shape index (κ2) is 2.79. The normalized spacial score (nSPS) is 32.5. The van der Waals surface area contributed by atoms with E-state index in [0.29, 0.717) is 11.8 Å². The monoisotopic (exact) mass is 210 g/mol. The van der Waals surface area contributed by atoms with Gasteiger partial charge >= 0.3 is 0 Å². The van der Waals surface area contributed by atoms with Crippen molar-refractivity contribution < 1.29 is 9.47 Å². The fourth-order valence-electron chi connectivity index (χ4n) is 2.74. The molecule has 0 N–H and O–H groups in total. The molecule has 0 amide bonds. The largest absolute Gasteiger partial charge is 0.469 e. The van der Waals surface area contributed by atoms with Crippen LogP contribution in [-0.2, 0) is 9.47 Å². The van der Waals surface area contributed by atoms with Gasteiger partial charge in [0.25, 0.3) is 0 Å². The molecule has 2 aliphatic heterocycles. The van der Waals surface area contributed by atoms with Crippen LogP contribution in [-0.4, -0.2) is 0 Å². The van der Waals surface area contributed by atoms with Crippen LogP contribution in [0.4, 0.5) is 0 Å². The van der Waals surface area contributed by atoms with E-state index in [2.05, 4.69) is 12.2 Å².